The van der Waals surface area contributed by atoms with E-state index < -0.39 is 5.91 Å². The van der Waals surface area contributed by atoms with Gasteiger partial charge < -0.3 is 21.1 Å². The predicted octanol–water partition coefficient (Wildman–Crippen LogP) is 2.01. The first-order valence-corrected chi connectivity index (χ1v) is 6.54. The number of benzene rings is 2. The molecule has 2 aromatic rings. The van der Waals surface area contributed by atoms with Gasteiger partial charge in [-0.1, -0.05) is 12.1 Å². The number of hydrogen-bond donors (Lipinski definition) is 2. The van der Waals surface area contributed by atoms with Crippen LogP contribution in [0.25, 0.3) is 0 Å². The molecule has 0 atom stereocenters. The molecule has 0 fully saturated rings. The summed E-state index contributed by atoms with van der Waals surface area (Å²) < 4.78 is 5.21. The van der Waals surface area contributed by atoms with Crippen molar-refractivity contribution in [2.75, 3.05) is 24.8 Å². The number of anilines is 2. The number of carbonyl (C=O) groups is 1. The van der Waals surface area contributed by atoms with Crippen molar-refractivity contribution < 1.29 is 9.53 Å². The van der Waals surface area contributed by atoms with E-state index in [-0.39, 0.29) is 0 Å². The fourth-order valence-electron chi connectivity index (χ4n) is 2.19. The monoisotopic (exact) mass is 285 g/mol. The average molecular weight is 285 g/mol. The van der Waals surface area contributed by atoms with Gasteiger partial charge in [0.2, 0.25) is 5.91 Å². The van der Waals surface area contributed by atoms with Crippen molar-refractivity contribution in [1.29, 1.82) is 0 Å². The molecule has 0 radical (unpaired) electrons. The summed E-state index contributed by atoms with van der Waals surface area (Å²) in [4.78, 5) is 13.1. The van der Waals surface area contributed by atoms with Crippen LogP contribution in [0.3, 0.4) is 0 Å². The number of rotatable bonds is 5. The molecular weight excluding hydrogens is 266 g/mol. The lowest BCUT2D eigenvalue weighted by molar-refractivity contribution is 0.100. The second kappa shape index (κ2) is 6.17. The molecule has 0 unspecified atom stereocenters. The van der Waals surface area contributed by atoms with Crippen LogP contribution in [-0.2, 0) is 6.54 Å². The Bertz CT molecular complexity index is 656. The van der Waals surface area contributed by atoms with E-state index >= 15 is 0 Å². The fraction of sp³-hybridized carbons (Fsp3) is 0.188. The summed E-state index contributed by atoms with van der Waals surface area (Å²) in [6.07, 6.45) is 0. The highest BCUT2D eigenvalue weighted by Gasteiger charge is 2.09. The van der Waals surface area contributed by atoms with Gasteiger partial charge in [0.15, 0.2) is 0 Å². The van der Waals surface area contributed by atoms with Gasteiger partial charge in [-0.3, -0.25) is 4.79 Å². The second-order valence-corrected chi connectivity index (χ2v) is 4.85. The minimum atomic E-state index is -0.483. The molecule has 0 saturated carbocycles. The Balaban J connectivity index is 2.19. The average Bonchev–Trinajstić information content (AvgIpc) is 2.47. The SMILES string of the molecule is COc1cccc(CN(C)c2ccc(C(N)=O)cc2N)c1. The molecule has 0 bridgehead atoms. The van der Waals surface area contributed by atoms with E-state index in [0.717, 1.165) is 17.0 Å². The highest BCUT2D eigenvalue weighted by atomic mass is 16.5. The van der Waals surface area contributed by atoms with E-state index in [2.05, 4.69) is 0 Å². The van der Waals surface area contributed by atoms with Gasteiger partial charge in [-0.05, 0) is 35.9 Å². The van der Waals surface area contributed by atoms with Crippen LogP contribution in [0.2, 0.25) is 0 Å². The summed E-state index contributed by atoms with van der Waals surface area (Å²) in [7, 11) is 3.58. The first-order chi connectivity index (χ1) is 10.0. The fourth-order valence-corrected chi connectivity index (χ4v) is 2.19. The normalized spacial score (nSPS) is 10.2. The van der Waals surface area contributed by atoms with Crippen LogP contribution < -0.4 is 21.1 Å². The Labute approximate surface area is 124 Å². The van der Waals surface area contributed by atoms with E-state index in [1.807, 2.05) is 36.2 Å². The Hall–Kier alpha value is -2.69. The molecule has 0 spiro atoms. The van der Waals surface area contributed by atoms with Crippen LogP contribution in [0.1, 0.15) is 15.9 Å². The molecule has 1 amide bonds. The largest absolute Gasteiger partial charge is 0.497 e. The summed E-state index contributed by atoms with van der Waals surface area (Å²) in [6, 6.07) is 12.9. The zero-order valence-electron chi connectivity index (χ0n) is 12.2. The van der Waals surface area contributed by atoms with E-state index in [1.54, 1.807) is 25.3 Å². The quantitative estimate of drug-likeness (QED) is 0.823. The first kappa shape index (κ1) is 14.7. The summed E-state index contributed by atoms with van der Waals surface area (Å²) >= 11 is 0. The number of nitrogens with zero attached hydrogens (tertiary/aromatic N) is 1. The number of nitrogen functional groups attached to an aromatic ring is 1. The van der Waals surface area contributed by atoms with Gasteiger partial charge in [-0.15, -0.1) is 0 Å². The van der Waals surface area contributed by atoms with E-state index in [4.69, 9.17) is 16.2 Å². The van der Waals surface area contributed by atoms with Crippen LogP contribution in [0.15, 0.2) is 42.5 Å². The van der Waals surface area contributed by atoms with Crippen LogP contribution in [0, 0.1) is 0 Å². The topological polar surface area (TPSA) is 81.6 Å². The molecule has 110 valence electrons. The Morgan fingerprint density at radius 3 is 2.62 bits per heavy atom. The molecule has 0 saturated heterocycles. The smallest absolute Gasteiger partial charge is 0.248 e. The minimum Gasteiger partial charge on any atom is -0.497 e. The molecule has 0 aliphatic carbocycles. The Morgan fingerprint density at radius 2 is 2.00 bits per heavy atom. The van der Waals surface area contributed by atoms with Crippen molar-refractivity contribution in [3.8, 4) is 5.75 Å². The zero-order chi connectivity index (χ0) is 15.4. The van der Waals surface area contributed by atoms with Crippen molar-refractivity contribution in [1.82, 2.24) is 0 Å². The van der Waals surface area contributed by atoms with Gasteiger partial charge in [0.05, 0.1) is 18.5 Å². The van der Waals surface area contributed by atoms with Gasteiger partial charge in [-0.25, -0.2) is 0 Å². The third-order valence-corrected chi connectivity index (χ3v) is 3.28. The van der Waals surface area contributed by atoms with Crippen molar-refractivity contribution in [2.24, 2.45) is 5.73 Å². The maximum atomic E-state index is 11.1. The van der Waals surface area contributed by atoms with Crippen LogP contribution in [0.4, 0.5) is 11.4 Å². The molecule has 2 aromatic carbocycles. The number of nitrogens with two attached hydrogens (primary N) is 2. The number of hydrogen-bond acceptors (Lipinski definition) is 4. The minimum absolute atomic E-state index is 0.408. The molecular formula is C16H19N3O2. The maximum Gasteiger partial charge on any atom is 0.248 e. The number of amides is 1. The number of methoxy groups -OCH3 is 1. The third-order valence-electron chi connectivity index (χ3n) is 3.28. The number of ether oxygens (including phenoxy) is 1. The Kier molecular flexibility index (Phi) is 4.33. The van der Waals surface area contributed by atoms with Crippen molar-refractivity contribution in [3.63, 3.8) is 0 Å². The molecule has 21 heavy (non-hydrogen) atoms. The van der Waals surface area contributed by atoms with Crippen molar-refractivity contribution in [3.05, 3.63) is 53.6 Å². The number of primary amides is 1. The highest BCUT2D eigenvalue weighted by molar-refractivity contribution is 5.94. The van der Waals surface area contributed by atoms with Gasteiger partial charge in [-0.2, -0.15) is 0 Å². The van der Waals surface area contributed by atoms with Gasteiger partial charge in [0.1, 0.15) is 5.75 Å². The molecule has 0 aliphatic heterocycles. The molecule has 5 heteroatoms. The van der Waals surface area contributed by atoms with Gasteiger partial charge in [0, 0.05) is 19.2 Å². The first-order valence-electron chi connectivity index (χ1n) is 6.54. The molecule has 4 N–H and O–H groups in total. The van der Waals surface area contributed by atoms with E-state index in [0.29, 0.717) is 17.8 Å². The Morgan fingerprint density at radius 1 is 1.24 bits per heavy atom. The maximum absolute atomic E-state index is 11.1. The van der Waals surface area contributed by atoms with E-state index in [1.165, 1.54) is 0 Å². The van der Waals surface area contributed by atoms with E-state index in [9.17, 15) is 4.79 Å². The number of carbonyl (C=O) groups excluding carboxylic acids is 1. The lowest BCUT2D eigenvalue weighted by atomic mass is 10.1. The molecule has 2 rings (SSSR count). The van der Waals surface area contributed by atoms with Crippen LogP contribution in [-0.4, -0.2) is 20.1 Å². The van der Waals surface area contributed by atoms with Crippen molar-refractivity contribution in [2.45, 2.75) is 6.54 Å². The summed E-state index contributed by atoms with van der Waals surface area (Å²) in [6.45, 7) is 0.678. The van der Waals surface area contributed by atoms with Crippen LogP contribution in [0.5, 0.6) is 5.75 Å². The summed E-state index contributed by atoms with van der Waals surface area (Å²) in [5.41, 5.74) is 14.1. The summed E-state index contributed by atoms with van der Waals surface area (Å²) in [5.74, 6) is 0.335. The molecule has 0 heterocycles. The lowest BCUT2D eigenvalue weighted by Gasteiger charge is -2.21. The third kappa shape index (κ3) is 3.45. The molecule has 5 nitrogen and oxygen atoms in total. The van der Waals surface area contributed by atoms with Gasteiger partial charge in [0.25, 0.3) is 0 Å². The van der Waals surface area contributed by atoms with Crippen LogP contribution >= 0.6 is 0 Å². The molecule has 0 aromatic heterocycles. The molecule has 0 aliphatic rings. The second-order valence-electron chi connectivity index (χ2n) is 4.85. The standard InChI is InChI=1S/C16H19N3O2/c1-19(10-11-4-3-5-13(8-11)21-2)15-7-6-12(16(18)20)9-14(15)17/h3-9H,10,17H2,1-2H3,(H2,18,20). The zero-order valence-corrected chi connectivity index (χ0v) is 12.2. The van der Waals surface area contributed by atoms with Gasteiger partial charge >= 0.3 is 0 Å². The predicted molar refractivity (Wildman–Crippen MR) is 84.5 cm³/mol. The lowest BCUT2D eigenvalue weighted by Crippen LogP contribution is -2.19. The highest BCUT2D eigenvalue weighted by Crippen LogP contribution is 2.25. The summed E-state index contributed by atoms with van der Waals surface area (Å²) in [5, 5.41) is 0. The van der Waals surface area contributed by atoms with Crippen molar-refractivity contribution >= 4 is 17.3 Å².